The van der Waals surface area contributed by atoms with Crippen LogP contribution >= 0.6 is 23.5 Å². The average molecular weight is 364 g/mol. The molecule has 1 aromatic heterocycles. The zero-order chi connectivity index (χ0) is 17.2. The van der Waals surface area contributed by atoms with Crippen LogP contribution in [0.1, 0.15) is 16.1 Å². The van der Waals surface area contributed by atoms with Crippen molar-refractivity contribution in [3.8, 4) is 0 Å². The molecule has 0 atom stereocenters. The van der Waals surface area contributed by atoms with Crippen molar-refractivity contribution in [1.29, 1.82) is 0 Å². The summed E-state index contributed by atoms with van der Waals surface area (Å²) in [4.78, 5) is 14.9. The molecule has 10 heteroatoms. The number of aromatic carboxylic acids is 1. The van der Waals surface area contributed by atoms with Crippen LogP contribution in [0.3, 0.4) is 0 Å². The Morgan fingerprint density at radius 2 is 2.04 bits per heavy atom. The fourth-order valence-corrected chi connectivity index (χ4v) is 2.55. The average Bonchev–Trinajstić information content (AvgIpc) is 2.45. The van der Waals surface area contributed by atoms with Gasteiger partial charge in [0.1, 0.15) is 0 Å². The molecule has 0 aliphatic carbocycles. The SMILES string of the molecule is Nc1cnc(C(=O)O)c(NSc2ccc(Cl)c(C(F)(F)F)c2)c1. The maximum absolute atomic E-state index is 12.8. The first kappa shape index (κ1) is 17.2. The van der Waals surface area contributed by atoms with Gasteiger partial charge in [0.05, 0.1) is 28.2 Å². The zero-order valence-electron chi connectivity index (χ0n) is 11.2. The number of nitrogen functional groups attached to an aromatic ring is 1. The summed E-state index contributed by atoms with van der Waals surface area (Å²) in [6, 6.07) is 4.67. The lowest BCUT2D eigenvalue weighted by atomic mass is 10.2. The fraction of sp³-hybridized carbons (Fsp3) is 0.0769. The van der Waals surface area contributed by atoms with Crippen molar-refractivity contribution in [3.05, 3.63) is 46.7 Å². The van der Waals surface area contributed by atoms with E-state index in [0.717, 1.165) is 24.1 Å². The Kier molecular flexibility index (Phi) is 4.90. The molecule has 0 unspecified atom stereocenters. The zero-order valence-corrected chi connectivity index (χ0v) is 12.8. The highest BCUT2D eigenvalue weighted by atomic mass is 35.5. The molecule has 2 rings (SSSR count). The van der Waals surface area contributed by atoms with Gasteiger partial charge >= 0.3 is 12.1 Å². The normalized spacial score (nSPS) is 11.3. The number of pyridine rings is 1. The van der Waals surface area contributed by atoms with Gasteiger partial charge in [-0.15, -0.1) is 0 Å². The van der Waals surface area contributed by atoms with E-state index in [4.69, 9.17) is 22.4 Å². The van der Waals surface area contributed by atoms with Gasteiger partial charge in [0.25, 0.3) is 0 Å². The van der Waals surface area contributed by atoms with E-state index in [1.54, 1.807) is 0 Å². The van der Waals surface area contributed by atoms with E-state index >= 15 is 0 Å². The second kappa shape index (κ2) is 6.55. The summed E-state index contributed by atoms with van der Waals surface area (Å²) in [5.41, 5.74) is 4.54. The number of nitrogens with one attached hydrogen (secondary N) is 1. The van der Waals surface area contributed by atoms with Crippen molar-refractivity contribution in [2.24, 2.45) is 0 Å². The van der Waals surface area contributed by atoms with E-state index in [0.29, 0.717) is 0 Å². The first-order valence-corrected chi connectivity index (χ1v) is 7.16. The number of aromatic nitrogens is 1. The van der Waals surface area contributed by atoms with Crippen LogP contribution in [0.15, 0.2) is 35.4 Å². The van der Waals surface area contributed by atoms with Crippen LogP contribution < -0.4 is 10.5 Å². The maximum atomic E-state index is 12.8. The number of anilines is 2. The fourth-order valence-electron chi connectivity index (χ4n) is 1.63. The minimum absolute atomic E-state index is 0.0750. The molecule has 5 nitrogen and oxygen atoms in total. The van der Waals surface area contributed by atoms with Gasteiger partial charge in [-0.3, -0.25) is 0 Å². The Morgan fingerprint density at radius 1 is 1.35 bits per heavy atom. The van der Waals surface area contributed by atoms with Crippen LogP contribution in [0.2, 0.25) is 5.02 Å². The number of carboxylic acid groups (broad SMARTS) is 1. The third-order valence-corrected chi connectivity index (χ3v) is 3.77. The van der Waals surface area contributed by atoms with Gasteiger partial charge in [-0.05, 0) is 36.2 Å². The molecule has 0 aliphatic rings. The highest BCUT2D eigenvalue weighted by Crippen LogP contribution is 2.37. The molecule has 122 valence electrons. The molecule has 0 fully saturated rings. The maximum Gasteiger partial charge on any atom is 0.417 e. The molecule has 0 radical (unpaired) electrons. The number of nitrogens with zero attached hydrogens (tertiary/aromatic N) is 1. The summed E-state index contributed by atoms with van der Waals surface area (Å²) in [7, 11) is 0. The second-order valence-electron chi connectivity index (χ2n) is 4.31. The number of halogens is 4. The molecule has 0 saturated carbocycles. The Hall–Kier alpha value is -2.13. The smallest absolute Gasteiger partial charge is 0.417 e. The Balaban J connectivity index is 2.25. The van der Waals surface area contributed by atoms with E-state index in [9.17, 15) is 18.0 Å². The summed E-state index contributed by atoms with van der Waals surface area (Å²) in [6.45, 7) is 0. The van der Waals surface area contributed by atoms with Gasteiger partial charge in [-0.2, -0.15) is 13.2 Å². The number of carboxylic acids is 1. The largest absolute Gasteiger partial charge is 0.476 e. The molecule has 2 aromatic rings. The molecule has 0 spiro atoms. The van der Waals surface area contributed by atoms with Gasteiger partial charge in [-0.25, -0.2) is 9.78 Å². The lowest BCUT2D eigenvalue weighted by molar-refractivity contribution is -0.137. The van der Waals surface area contributed by atoms with E-state index in [-0.39, 0.29) is 22.0 Å². The molecule has 0 amide bonds. The quantitative estimate of drug-likeness (QED) is 0.707. The van der Waals surface area contributed by atoms with Gasteiger partial charge in [0.2, 0.25) is 0 Å². The highest BCUT2D eigenvalue weighted by molar-refractivity contribution is 8.00. The molecule has 0 bridgehead atoms. The van der Waals surface area contributed by atoms with Crippen molar-refractivity contribution in [2.45, 2.75) is 11.1 Å². The summed E-state index contributed by atoms with van der Waals surface area (Å²) in [6.07, 6.45) is -3.41. The van der Waals surface area contributed by atoms with Gasteiger partial charge in [0.15, 0.2) is 5.69 Å². The van der Waals surface area contributed by atoms with Crippen LogP contribution in [0.4, 0.5) is 24.5 Å². The molecular formula is C13H9ClF3N3O2S. The van der Waals surface area contributed by atoms with Gasteiger partial charge < -0.3 is 15.6 Å². The van der Waals surface area contributed by atoms with Crippen molar-refractivity contribution < 1.29 is 23.1 Å². The lowest BCUT2D eigenvalue weighted by Crippen LogP contribution is -2.07. The summed E-state index contributed by atoms with van der Waals surface area (Å²) in [5, 5.41) is 8.60. The third kappa shape index (κ3) is 4.20. The number of carbonyl (C=O) groups is 1. The van der Waals surface area contributed by atoms with E-state index in [1.807, 2.05) is 0 Å². The van der Waals surface area contributed by atoms with E-state index in [2.05, 4.69) is 9.71 Å². The molecule has 0 aliphatic heterocycles. The minimum Gasteiger partial charge on any atom is -0.476 e. The van der Waals surface area contributed by atoms with Crippen LogP contribution in [-0.4, -0.2) is 16.1 Å². The van der Waals surface area contributed by atoms with Crippen LogP contribution in [0, 0.1) is 0 Å². The van der Waals surface area contributed by atoms with Crippen molar-refractivity contribution in [2.75, 3.05) is 10.5 Å². The molecule has 1 aromatic carbocycles. The Morgan fingerprint density at radius 3 is 2.65 bits per heavy atom. The predicted molar refractivity (Wildman–Crippen MR) is 81.5 cm³/mol. The van der Waals surface area contributed by atoms with Crippen LogP contribution in [-0.2, 0) is 6.18 Å². The first-order valence-electron chi connectivity index (χ1n) is 5.97. The Bertz CT molecular complexity index is 756. The molecule has 23 heavy (non-hydrogen) atoms. The molecule has 0 saturated heterocycles. The third-order valence-electron chi connectivity index (χ3n) is 2.63. The van der Waals surface area contributed by atoms with E-state index in [1.165, 1.54) is 18.3 Å². The molecular weight excluding hydrogens is 355 g/mol. The predicted octanol–water partition coefficient (Wildman–Crippen LogP) is 4.15. The number of rotatable bonds is 4. The minimum atomic E-state index is -4.58. The summed E-state index contributed by atoms with van der Waals surface area (Å²) < 4.78 is 41.0. The van der Waals surface area contributed by atoms with Crippen molar-refractivity contribution in [3.63, 3.8) is 0 Å². The first-order chi connectivity index (χ1) is 10.7. The highest BCUT2D eigenvalue weighted by Gasteiger charge is 2.33. The number of nitrogens with two attached hydrogens (primary N) is 1. The standard InChI is InChI=1S/C13H9ClF3N3O2S/c14-9-2-1-7(4-8(9)13(15,16)17)23-20-10-3-6(18)5-19-11(10)12(21)22/h1-5,20H,18H2,(H,21,22). The Labute approximate surface area is 137 Å². The van der Waals surface area contributed by atoms with Crippen molar-refractivity contribution in [1.82, 2.24) is 4.98 Å². The number of benzene rings is 1. The molecule has 1 heterocycles. The lowest BCUT2D eigenvalue weighted by Gasteiger charge is -2.12. The van der Waals surface area contributed by atoms with Gasteiger partial charge in [0, 0.05) is 4.90 Å². The van der Waals surface area contributed by atoms with Crippen molar-refractivity contribution >= 4 is 40.9 Å². The van der Waals surface area contributed by atoms with E-state index < -0.39 is 22.7 Å². The second-order valence-corrected chi connectivity index (χ2v) is 5.60. The summed E-state index contributed by atoms with van der Waals surface area (Å²) in [5.74, 6) is -1.29. The summed E-state index contributed by atoms with van der Waals surface area (Å²) >= 11 is 6.32. The van der Waals surface area contributed by atoms with Crippen LogP contribution in [0.5, 0.6) is 0 Å². The number of hydrogen-bond acceptors (Lipinski definition) is 5. The molecule has 4 N–H and O–H groups in total. The van der Waals surface area contributed by atoms with Gasteiger partial charge in [-0.1, -0.05) is 11.6 Å². The number of alkyl halides is 3. The number of hydrogen-bond donors (Lipinski definition) is 3. The van der Waals surface area contributed by atoms with Crippen LogP contribution in [0.25, 0.3) is 0 Å². The topological polar surface area (TPSA) is 88.2 Å². The monoisotopic (exact) mass is 363 g/mol.